The van der Waals surface area contributed by atoms with E-state index in [9.17, 15) is 4.79 Å². The Morgan fingerprint density at radius 2 is 2.31 bits per heavy atom. The van der Waals surface area contributed by atoms with Crippen molar-refractivity contribution in [3.05, 3.63) is 22.9 Å². The number of aromatic nitrogens is 1. The van der Waals surface area contributed by atoms with Crippen LogP contribution in [0, 0.1) is 0 Å². The van der Waals surface area contributed by atoms with E-state index < -0.39 is 5.97 Å². The lowest BCUT2D eigenvalue weighted by Crippen LogP contribution is -2.06. The van der Waals surface area contributed by atoms with Gasteiger partial charge in [0.25, 0.3) is 0 Å². The summed E-state index contributed by atoms with van der Waals surface area (Å²) in [6.07, 6.45) is 2.64. The molecule has 1 aromatic rings. The quantitative estimate of drug-likeness (QED) is 0.668. The number of hydrogen-bond donors (Lipinski definition) is 2. The van der Waals surface area contributed by atoms with Crippen LogP contribution in [0.3, 0.4) is 0 Å². The molecule has 2 rings (SSSR count). The number of aryl methyl sites for hydroxylation is 1. The summed E-state index contributed by atoms with van der Waals surface area (Å²) >= 11 is 0. The number of nitrogen functional groups attached to an aromatic ring is 1. The lowest BCUT2D eigenvalue weighted by molar-refractivity contribution is 0.0695. The molecule has 1 aromatic heterocycles. The smallest absolute Gasteiger partial charge is 0.336 e. The molecule has 4 nitrogen and oxygen atoms in total. The van der Waals surface area contributed by atoms with Gasteiger partial charge in [0, 0.05) is 5.69 Å². The van der Waals surface area contributed by atoms with Crippen LogP contribution < -0.4 is 5.73 Å². The third-order valence-corrected chi connectivity index (χ3v) is 2.30. The Morgan fingerprint density at radius 1 is 1.54 bits per heavy atom. The average molecular weight is 178 g/mol. The fraction of sp³-hybridized carbons (Fsp3) is 0.333. The highest BCUT2D eigenvalue weighted by Crippen LogP contribution is 2.25. The lowest BCUT2D eigenvalue weighted by Gasteiger charge is -2.04. The molecule has 1 aliphatic rings. The molecule has 0 aromatic carbocycles. The minimum absolute atomic E-state index is 0.304. The van der Waals surface area contributed by atoms with Crippen LogP contribution in [0.1, 0.15) is 28.0 Å². The van der Waals surface area contributed by atoms with E-state index in [-0.39, 0.29) is 0 Å². The summed E-state index contributed by atoms with van der Waals surface area (Å²) in [5.74, 6) is -0.606. The molecule has 3 N–H and O–H groups in total. The predicted octanol–water partition coefficient (Wildman–Crippen LogP) is 0.851. The molecule has 1 heterocycles. The van der Waals surface area contributed by atoms with Crippen LogP contribution in [0.15, 0.2) is 6.07 Å². The third kappa shape index (κ3) is 1.24. The Balaban J connectivity index is 2.62. The molecule has 0 saturated heterocycles. The summed E-state index contributed by atoms with van der Waals surface area (Å²) in [5, 5.41) is 8.89. The fourth-order valence-electron chi connectivity index (χ4n) is 1.76. The van der Waals surface area contributed by atoms with Crippen molar-refractivity contribution in [1.82, 2.24) is 4.98 Å². The molecule has 0 amide bonds. The van der Waals surface area contributed by atoms with Crippen molar-refractivity contribution in [2.24, 2.45) is 0 Å². The largest absolute Gasteiger partial charge is 0.478 e. The van der Waals surface area contributed by atoms with Crippen LogP contribution in [0.5, 0.6) is 0 Å². The average Bonchev–Trinajstić information content (AvgIpc) is 2.49. The van der Waals surface area contributed by atoms with Crippen LogP contribution in [0.2, 0.25) is 0 Å². The molecule has 0 radical (unpaired) electrons. The Kier molecular flexibility index (Phi) is 1.69. The predicted molar refractivity (Wildman–Crippen MR) is 47.6 cm³/mol. The molecule has 0 fully saturated rings. The SMILES string of the molecule is Nc1cc(C(=O)O)c2c(n1)CCC2. The summed E-state index contributed by atoms with van der Waals surface area (Å²) in [6.45, 7) is 0. The number of aromatic carboxylic acids is 1. The summed E-state index contributed by atoms with van der Waals surface area (Å²) in [6, 6.07) is 1.44. The van der Waals surface area contributed by atoms with Crippen LogP contribution in [0.4, 0.5) is 5.82 Å². The molecular weight excluding hydrogens is 168 g/mol. The van der Waals surface area contributed by atoms with Gasteiger partial charge in [0.05, 0.1) is 5.56 Å². The number of nitrogens with two attached hydrogens (primary N) is 1. The lowest BCUT2D eigenvalue weighted by atomic mass is 10.1. The second-order valence-corrected chi connectivity index (χ2v) is 3.18. The number of carboxylic acid groups (broad SMARTS) is 1. The van der Waals surface area contributed by atoms with E-state index in [1.807, 2.05) is 0 Å². The number of carboxylic acids is 1. The van der Waals surface area contributed by atoms with Crippen molar-refractivity contribution >= 4 is 11.8 Å². The second kappa shape index (κ2) is 2.73. The highest BCUT2D eigenvalue weighted by molar-refractivity contribution is 5.90. The standard InChI is InChI=1S/C9H10N2O2/c10-8-4-6(9(12)13)5-2-1-3-7(5)11-8/h4H,1-3H2,(H2,10,11)(H,12,13). The number of anilines is 1. The van der Waals surface area contributed by atoms with Crippen molar-refractivity contribution in [2.75, 3.05) is 5.73 Å². The maximum atomic E-state index is 10.8. The van der Waals surface area contributed by atoms with Gasteiger partial charge in [-0.05, 0) is 30.9 Å². The summed E-state index contributed by atoms with van der Waals surface area (Å²) in [7, 11) is 0. The molecule has 0 unspecified atom stereocenters. The van der Waals surface area contributed by atoms with E-state index in [0.29, 0.717) is 11.4 Å². The number of nitrogens with zero attached hydrogens (tertiary/aromatic N) is 1. The maximum absolute atomic E-state index is 10.8. The van der Waals surface area contributed by atoms with Gasteiger partial charge in [-0.25, -0.2) is 9.78 Å². The van der Waals surface area contributed by atoms with Crippen molar-refractivity contribution in [3.63, 3.8) is 0 Å². The highest BCUT2D eigenvalue weighted by Gasteiger charge is 2.20. The Hall–Kier alpha value is -1.58. The van der Waals surface area contributed by atoms with Gasteiger partial charge in [0.1, 0.15) is 5.82 Å². The van der Waals surface area contributed by atoms with Gasteiger partial charge in [-0.2, -0.15) is 0 Å². The van der Waals surface area contributed by atoms with Crippen molar-refractivity contribution in [3.8, 4) is 0 Å². The minimum Gasteiger partial charge on any atom is -0.478 e. The van der Waals surface area contributed by atoms with Crippen LogP contribution >= 0.6 is 0 Å². The molecule has 13 heavy (non-hydrogen) atoms. The molecule has 0 saturated carbocycles. The molecule has 68 valence electrons. The Morgan fingerprint density at radius 3 is 3.00 bits per heavy atom. The molecule has 0 spiro atoms. The number of rotatable bonds is 1. The first-order chi connectivity index (χ1) is 6.18. The van der Waals surface area contributed by atoms with Gasteiger partial charge >= 0.3 is 5.97 Å². The molecular formula is C9H10N2O2. The first-order valence-corrected chi connectivity index (χ1v) is 4.20. The highest BCUT2D eigenvalue weighted by atomic mass is 16.4. The first kappa shape index (κ1) is 8.04. The Bertz CT molecular complexity index is 374. The number of fused-ring (bicyclic) bond motifs is 1. The maximum Gasteiger partial charge on any atom is 0.336 e. The van der Waals surface area contributed by atoms with Gasteiger partial charge in [-0.1, -0.05) is 0 Å². The van der Waals surface area contributed by atoms with Crippen LogP contribution in [0.25, 0.3) is 0 Å². The van der Waals surface area contributed by atoms with Crippen LogP contribution in [-0.2, 0) is 12.8 Å². The zero-order valence-corrected chi connectivity index (χ0v) is 7.08. The molecule has 0 atom stereocenters. The zero-order chi connectivity index (χ0) is 9.42. The fourth-order valence-corrected chi connectivity index (χ4v) is 1.76. The molecule has 4 heteroatoms. The van der Waals surface area contributed by atoms with Gasteiger partial charge in [-0.15, -0.1) is 0 Å². The summed E-state index contributed by atoms with van der Waals surface area (Å²) in [4.78, 5) is 14.9. The van der Waals surface area contributed by atoms with E-state index in [1.165, 1.54) is 6.07 Å². The summed E-state index contributed by atoms with van der Waals surface area (Å²) in [5.41, 5.74) is 7.54. The second-order valence-electron chi connectivity index (χ2n) is 3.18. The zero-order valence-electron chi connectivity index (χ0n) is 7.08. The van der Waals surface area contributed by atoms with E-state index in [2.05, 4.69) is 4.98 Å². The van der Waals surface area contributed by atoms with Crippen molar-refractivity contribution in [1.29, 1.82) is 0 Å². The Labute approximate surface area is 75.4 Å². The van der Waals surface area contributed by atoms with E-state index in [0.717, 1.165) is 30.5 Å². The minimum atomic E-state index is -0.910. The molecule has 0 bridgehead atoms. The van der Waals surface area contributed by atoms with Gasteiger partial charge < -0.3 is 10.8 Å². The van der Waals surface area contributed by atoms with Gasteiger partial charge in [-0.3, -0.25) is 0 Å². The van der Waals surface area contributed by atoms with E-state index >= 15 is 0 Å². The summed E-state index contributed by atoms with van der Waals surface area (Å²) < 4.78 is 0. The molecule has 0 aliphatic heterocycles. The van der Waals surface area contributed by atoms with Gasteiger partial charge in [0.2, 0.25) is 0 Å². The van der Waals surface area contributed by atoms with Crippen molar-refractivity contribution in [2.45, 2.75) is 19.3 Å². The monoisotopic (exact) mass is 178 g/mol. The normalized spacial score (nSPS) is 14.2. The first-order valence-electron chi connectivity index (χ1n) is 4.20. The van der Waals surface area contributed by atoms with Crippen LogP contribution in [-0.4, -0.2) is 16.1 Å². The van der Waals surface area contributed by atoms with Gasteiger partial charge in [0.15, 0.2) is 0 Å². The van der Waals surface area contributed by atoms with Crippen molar-refractivity contribution < 1.29 is 9.90 Å². The third-order valence-electron chi connectivity index (χ3n) is 2.30. The number of carbonyl (C=O) groups is 1. The van der Waals surface area contributed by atoms with E-state index in [1.54, 1.807) is 0 Å². The number of hydrogen-bond acceptors (Lipinski definition) is 3. The molecule has 1 aliphatic carbocycles. The number of pyridine rings is 1. The van der Waals surface area contributed by atoms with E-state index in [4.69, 9.17) is 10.8 Å². The topological polar surface area (TPSA) is 76.2 Å².